The van der Waals surface area contributed by atoms with Crippen LogP contribution in [0.4, 0.5) is 11.5 Å². The van der Waals surface area contributed by atoms with Gasteiger partial charge in [-0.25, -0.2) is 4.98 Å². The van der Waals surface area contributed by atoms with Gasteiger partial charge in [0, 0.05) is 50.3 Å². The van der Waals surface area contributed by atoms with Crippen molar-refractivity contribution in [2.24, 2.45) is 0 Å². The molecule has 2 saturated heterocycles. The predicted molar refractivity (Wildman–Crippen MR) is 139 cm³/mol. The molecule has 1 aromatic heterocycles. The summed E-state index contributed by atoms with van der Waals surface area (Å²) in [5.74, 6) is 1.12. The molecule has 0 bridgehead atoms. The van der Waals surface area contributed by atoms with E-state index in [0.717, 1.165) is 70.5 Å². The minimum Gasteiger partial charge on any atom is -0.378 e. The summed E-state index contributed by atoms with van der Waals surface area (Å²) in [4.78, 5) is 12.5. The standard InChI is InChI=1S/C28H34N4O/c1-3-30-12-14-32(15-13-30)28-27-7-5-4-6-24(27)21-25(29-28)20-22(2)23-8-10-26(11-9-23)31-16-18-33-19-17-31/h4-11,20-21H,3,12-19H2,1-2H3/b22-20+. The summed E-state index contributed by atoms with van der Waals surface area (Å²) >= 11 is 0. The van der Waals surface area contributed by atoms with Gasteiger partial charge in [-0.15, -0.1) is 0 Å². The smallest absolute Gasteiger partial charge is 0.137 e. The lowest BCUT2D eigenvalue weighted by Crippen LogP contribution is -2.46. The number of rotatable bonds is 5. The number of anilines is 2. The zero-order valence-corrected chi connectivity index (χ0v) is 19.8. The highest BCUT2D eigenvalue weighted by Crippen LogP contribution is 2.29. The molecule has 0 radical (unpaired) electrons. The third kappa shape index (κ3) is 4.90. The second-order valence-corrected chi connectivity index (χ2v) is 8.99. The van der Waals surface area contributed by atoms with Gasteiger partial charge in [0.05, 0.1) is 18.9 Å². The first-order valence-corrected chi connectivity index (χ1v) is 12.2. The Balaban J connectivity index is 1.42. The zero-order valence-electron chi connectivity index (χ0n) is 19.8. The first-order valence-electron chi connectivity index (χ1n) is 12.2. The minimum atomic E-state index is 0.810. The Labute approximate surface area is 197 Å². The van der Waals surface area contributed by atoms with Gasteiger partial charge < -0.3 is 19.4 Å². The van der Waals surface area contributed by atoms with Crippen molar-refractivity contribution in [1.82, 2.24) is 9.88 Å². The van der Waals surface area contributed by atoms with E-state index in [-0.39, 0.29) is 0 Å². The van der Waals surface area contributed by atoms with E-state index in [1.807, 2.05) is 0 Å². The number of fused-ring (bicyclic) bond motifs is 1. The summed E-state index contributed by atoms with van der Waals surface area (Å²) in [5, 5.41) is 2.49. The molecule has 33 heavy (non-hydrogen) atoms. The van der Waals surface area contributed by atoms with Gasteiger partial charge >= 0.3 is 0 Å². The maximum absolute atomic E-state index is 5.48. The Morgan fingerprint density at radius 1 is 0.909 bits per heavy atom. The normalized spacial score (nSPS) is 18.2. The molecule has 0 unspecified atom stereocenters. The van der Waals surface area contributed by atoms with Crippen LogP contribution in [0.15, 0.2) is 54.6 Å². The predicted octanol–water partition coefficient (Wildman–Crippen LogP) is 4.77. The van der Waals surface area contributed by atoms with Crippen LogP contribution in [0.1, 0.15) is 25.1 Å². The Morgan fingerprint density at radius 2 is 1.64 bits per heavy atom. The van der Waals surface area contributed by atoms with Gasteiger partial charge in [0.25, 0.3) is 0 Å². The average Bonchev–Trinajstić information content (AvgIpc) is 2.89. The highest BCUT2D eigenvalue weighted by Gasteiger charge is 2.19. The summed E-state index contributed by atoms with van der Waals surface area (Å²) in [7, 11) is 0. The molecule has 0 saturated carbocycles. The lowest BCUT2D eigenvalue weighted by atomic mass is 10.0. The van der Waals surface area contributed by atoms with E-state index in [0.29, 0.717) is 0 Å². The van der Waals surface area contributed by atoms with Crippen molar-refractivity contribution in [2.45, 2.75) is 13.8 Å². The number of hydrogen-bond acceptors (Lipinski definition) is 5. The van der Waals surface area contributed by atoms with E-state index in [2.05, 4.69) is 89.2 Å². The van der Waals surface area contributed by atoms with Gasteiger partial charge in [-0.2, -0.15) is 0 Å². The molecular weight excluding hydrogens is 408 g/mol. The summed E-state index contributed by atoms with van der Waals surface area (Å²) in [6.45, 7) is 13.3. The van der Waals surface area contributed by atoms with E-state index in [9.17, 15) is 0 Å². The molecule has 0 N–H and O–H groups in total. The monoisotopic (exact) mass is 442 g/mol. The minimum absolute atomic E-state index is 0.810. The van der Waals surface area contributed by atoms with Crippen molar-refractivity contribution in [2.75, 3.05) is 68.8 Å². The first-order chi connectivity index (χ1) is 16.2. The number of benzene rings is 2. The molecule has 0 atom stereocenters. The second kappa shape index (κ2) is 9.94. The molecule has 2 aliphatic rings. The molecule has 5 rings (SSSR count). The Hall–Kier alpha value is -2.89. The molecule has 3 heterocycles. The number of allylic oxidation sites excluding steroid dienone is 1. The molecule has 0 amide bonds. The lowest BCUT2D eigenvalue weighted by molar-refractivity contribution is 0.122. The number of morpholine rings is 1. The number of hydrogen-bond donors (Lipinski definition) is 0. The quantitative estimate of drug-likeness (QED) is 0.568. The molecule has 2 aromatic carbocycles. The molecule has 5 nitrogen and oxygen atoms in total. The van der Waals surface area contributed by atoms with Crippen LogP contribution in [0.25, 0.3) is 22.4 Å². The second-order valence-electron chi connectivity index (χ2n) is 8.99. The molecule has 3 aromatic rings. The van der Waals surface area contributed by atoms with Gasteiger partial charge in [0.2, 0.25) is 0 Å². The fraction of sp³-hybridized carbons (Fsp3) is 0.393. The largest absolute Gasteiger partial charge is 0.378 e. The van der Waals surface area contributed by atoms with Crippen LogP contribution in [0.2, 0.25) is 0 Å². The number of pyridine rings is 1. The van der Waals surface area contributed by atoms with Gasteiger partial charge in [-0.05, 0) is 54.3 Å². The van der Waals surface area contributed by atoms with Crippen molar-refractivity contribution in [1.29, 1.82) is 0 Å². The van der Waals surface area contributed by atoms with Crippen molar-refractivity contribution >= 4 is 33.9 Å². The van der Waals surface area contributed by atoms with Crippen LogP contribution in [-0.4, -0.2) is 68.9 Å². The third-order valence-electron chi connectivity index (χ3n) is 6.92. The summed E-state index contributed by atoms with van der Waals surface area (Å²) in [6, 6.07) is 19.8. The number of ether oxygens (including phenoxy) is 1. The topological polar surface area (TPSA) is 31.8 Å². The Morgan fingerprint density at radius 3 is 2.36 bits per heavy atom. The van der Waals surface area contributed by atoms with Crippen molar-refractivity contribution in [3.63, 3.8) is 0 Å². The molecule has 2 fully saturated rings. The molecule has 5 heteroatoms. The van der Waals surface area contributed by atoms with E-state index in [4.69, 9.17) is 9.72 Å². The SMILES string of the molecule is CCN1CCN(c2nc(/C=C(\C)c3ccc(N4CCOCC4)cc3)cc3ccccc23)CC1. The fourth-order valence-electron chi connectivity index (χ4n) is 4.85. The molecule has 0 spiro atoms. The molecule has 0 aliphatic carbocycles. The molecule has 2 aliphatic heterocycles. The van der Waals surface area contributed by atoms with Crippen LogP contribution in [-0.2, 0) is 4.74 Å². The zero-order chi connectivity index (χ0) is 22.6. The van der Waals surface area contributed by atoms with E-state index in [1.165, 1.54) is 27.6 Å². The van der Waals surface area contributed by atoms with Crippen LogP contribution in [0, 0.1) is 0 Å². The maximum atomic E-state index is 5.48. The molecule has 172 valence electrons. The van der Waals surface area contributed by atoms with E-state index in [1.54, 1.807) is 0 Å². The van der Waals surface area contributed by atoms with E-state index < -0.39 is 0 Å². The van der Waals surface area contributed by atoms with Crippen molar-refractivity contribution in [3.8, 4) is 0 Å². The highest BCUT2D eigenvalue weighted by atomic mass is 16.5. The lowest BCUT2D eigenvalue weighted by Gasteiger charge is -2.35. The van der Waals surface area contributed by atoms with E-state index >= 15 is 0 Å². The van der Waals surface area contributed by atoms with Gasteiger partial charge in [0.15, 0.2) is 0 Å². The van der Waals surface area contributed by atoms with Gasteiger partial charge in [-0.1, -0.05) is 43.3 Å². The average molecular weight is 443 g/mol. The maximum Gasteiger partial charge on any atom is 0.137 e. The summed E-state index contributed by atoms with van der Waals surface area (Å²) in [5.41, 5.74) is 4.76. The van der Waals surface area contributed by atoms with Crippen LogP contribution < -0.4 is 9.80 Å². The highest BCUT2D eigenvalue weighted by molar-refractivity contribution is 5.94. The fourth-order valence-corrected chi connectivity index (χ4v) is 4.85. The number of likely N-dealkylation sites (N-methyl/N-ethyl adjacent to an activating group) is 1. The van der Waals surface area contributed by atoms with Crippen LogP contribution in [0.3, 0.4) is 0 Å². The van der Waals surface area contributed by atoms with Gasteiger partial charge in [-0.3, -0.25) is 0 Å². The summed E-state index contributed by atoms with van der Waals surface area (Å²) < 4.78 is 5.48. The summed E-state index contributed by atoms with van der Waals surface area (Å²) in [6.07, 6.45) is 2.22. The first kappa shape index (κ1) is 21.9. The third-order valence-corrected chi connectivity index (χ3v) is 6.92. The van der Waals surface area contributed by atoms with Crippen LogP contribution >= 0.6 is 0 Å². The number of piperazine rings is 1. The van der Waals surface area contributed by atoms with Gasteiger partial charge in [0.1, 0.15) is 5.82 Å². The molecular formula is C28H34N4O. The number of aromatic nitrogens is 1. The van der Waals surface area contributed by atoms with Crippen LogP contribution in [0.5, 0.6) is 0 Å². The van der Waals surface area contributed by atoms with Crippen molar-refractivity contribution in [3.05, 3.63) is 65.9 Å². The van der Waals surface area contributed by atoms with Crippen molar-refractivity contribution < 1.29 is 4.74 Å². The Kier molecular flexibility index (Phi) is 6.60. The Bertz CT molecular complexity index is 1110. The number of nitrogens with zero attached hydrogens (tertiary/aromatic N) is 4.